The summed E-state index contributed by atoms with van der Waals surface area (Å²) in [6.07, 6.45) is 0. The minimum Gasteiger partial charge on any atom is -0.399 e. The van der Waals surface area contributed by atoms with Gasteiger partial charge >= 0.3 is 0 Å². The molecule has 1 aromatic heterocycles. The van der Waals surface area contributed by atoms with Crippen molar-refractivity contribution in [2.24, 2.45) is 0 Å². The monoisotopic (exact) mass is 266 g/mol. The van der Waals surface area contributed by atoms with Gasteiger partial charge in [-0.25, -0.2) is 4.98 Å². The van der Waals surface area contributed by atoms with Gasteiger partial charge in [0.2, 0.25) is 0 Å². The van der Waals surface area contributed by atoms with Crippen molar-refractivity contribution in [1.29, 1.82) is 0 Å². The highest BCUT2D eigenvalue weighted by Crippen LogP contribution is 2.21. The summed E-state index contributed by atoms with van der Waals surface area (Å²) in [6.45, 7) is 0. The number of nitrogens with zero attached hydrogens (tertiary/aromatic N) is 1. The molecule has 88 valence electrons. The summed E-state index contributed by atoms with van der Waals surface area (Å²) in [7, 11) is 0. The van der Waals surface area contributed by atoms with Gasteiger partial charge in [0.05, 0.1) is 11.0 Å². The lowest BCUT2D eigenvalue weighted by Crippen LogP contribution is -1.86. The lowest BCUT2D eigenvalue weighted by molar-refractivity contribution is 1.50. The van der Waals surface area contributed by atoms with Crippen LogP contribution in [0.4, 0.5) is 5.69 Å². The van der Waals surface area contributed by atoms with Gasteiger partial charge in [0, 0.05) is 16.5 Å². The number of nitrogen functional groups attached to an aromatic ring is 1. The molecule has 0 aliphatic carbocycles. The van der Waals surface area contributed by atoms with E-state index in [4.69, 9.17) is 5.73 Å². The molecular weight excluding hydrogens is 255 g/mol. The number of aromatic nitrogens is 1. The molecule has 4 heteroatoms. The van der Waals surface area contributed by atoms with E-state index in [1.165, 1.54) is 0 Å². The molecule has 2 nitrogen and oxygen atoms in total. The predicted octanol–water partition coefficient (Wildman–Crippen LogP) is 3.81. The van der Waals surface area contributed by atoms with Crippen LogP contribution in [-0.2, 0) is 0 Å². The van der Waals surface area contributed by atoms with Crippen LogP contribution in [0.15, 0.2) is 48.5 Å². The van der Waals surface area contributed by atoms with E-state index in [2.05, 4.69) is 17.1 Å². The summed E-state index contributed by atoms with van der Waals surface area (Å²) in [6, 6.07) is 16.0. The molecule has 17 heavy (non-hydrogen) atoms. The first kappa shape index (κ1) is 13.6. The fourth-order valence-corrected chi connectivity index (χ4v) is 1.80. The Morgan fingerprint density at radius 1 is 0.765 bits per heavy atom. The van der Waals surface area contributed by atoms with E-state index >= 15 is 0 Å². The second-order valence-electron chi connectivity index (χ2n) is 3.63. The molecule has 0 atom stereocenters. The summed E-state index contributed by atoms with van der Waals surface area (Å²) < 4.78 is 0. The molecule has 0 unspecified atom stereocenters. The van der Waals surface area contributed by atoms with Crippen LogP contribution in [0.5, 0.6) is 0 Å². The first-order chi connectivity index (χ1) is 7.33. The number of anilines is 1. The molecule has 0 spiro atoms. The molecule has 1 heterocycles. The quantitative estimate of drug-likeness (QED) is 0.497. The van der Waals surface area contributed by atoms with Gasteiger partial charge in [-0.15, -0.1) is 24.8 Å². The molecule has 2 aromatic carbocycles. The van der Waals surface area contributed by atoms with Gasteiger partial charge in [-0.3, -0.25) is 0 Å². The van der Waals surface area contributed by atoms with Gasteiger partial charge in [-0.05, 0) is 30.3 Å². The fraction of sp³-hybridized carbons (Fsp3) is 0. The first-order valence-corrected chi connectivity index (χ1v) is 4.88. The van der Waals surface area contributed by atoms with Crippen LogP contribution < -0.4 is 5.73 Å². The van der Waals surface area contributed by atoms with Crippen LogP contribution in [0.1, 0.15) is 0 Å². The lowest BCUT2D eigenvalue weighted by atomic mass is 10.1. The third-order valence-corrected chi connectivity index (χ3v) is 2.54. The molecule has 0 radical (unpaired) electrons. The standard InChI is InChI=1S/C13H10N2.2ClH/c14-11-5-6-13-10(8-11)7-9-3-1-2-4-12(9)15-13;;/h1-8H,14H2;2*1H. The zero-order valence-corrected chi connectivity index (χ0v) is 10.6. The largest absolute Gasteiger partial charge is 0.399 e. The van der Waals surface area contributed by atoms with Crippen LogP contribution in [0.25, 0.3) is 21.8 Å². The van der Waals surface area contributed by atoms with Gasteiger partial charge < -0.3 is 5.73 Å². The highest BCUT2D eigenvalue weighted by atomic mass is 35.5. The van der Waals surface area contributed by atoms with Crippen molar-refractivity contribution in [2.45, 2.75) is 0 Å². The van der Waals surface area contributed by atoms with Gasteiger partial charge in [0.25, 0.3) is 0 Å². The van der Waals surface area contributed by atoms with Crippen molar-refractivity contribution in [1.82, 2.24) is 4.98 Å². The number of hydrogen-bond donors (Lipinski definition) is 1. The van der Waals surface area contributed by atoms with Crippen molar-refractivity contribution in [3.8, 4) is 0 Å². The van der Waals surface area contributed by atoms with Crippen LogP contribution in [0, 0.1) is 0 Å². The lowest BCUT2D eigenvalue weighted by Gasteiger charge is -2.01. The molecule has 0 amide bonds. The Bertz CT molecular complexity index is 653. The van der Waals surface area contributed by atoms with E-state index in [0.29, 0.717) is 0 Å². The van der Waals surface area contributed by atoms with Gasteiger partial charge in [-0.1, -0.05) is 18.2 Å². The van der Waals surface area contributed by atoms with E-state index in [0.717, 1.165) is 27.5 Å². The molecule has 0 aliphatic heterocycles. The van der Waals surface area contributed by atoms with Crippen LogP contribution in [0.3, 0.4) is 0 Å². The summed E-state index contributed by atoms with van der Waals surface area (Å²) in [4.78, 5) is 4.56. The van der Waals surface area contributed by atoms with E-state index in [1.807, 2.05) is 36.4 Å². The molecule has 3 rings (SSSR count). The first-order valence-electron chi connectivity index (χ1n) is 4.88. The van der Waals surface area contributed by atoms with Gasteiger partial charge in [0.1, 0.15) is 0 Å². The van der Waals surface area contributed by atoms with Crippen molar-refractivity contribution < 1.29 is 0 Å². The number of halogens is 2. The zero-order chi connectivity index (χ0) is 10.3. The highest BCUT2D eigenvalue weighted by molar-refractivity contribution is 5.93. The third-order valence-electron chi connectivity index (χ3n) is 2.54. The van der Waals surface area contributed by atoms with Crippen LogP contribution in [0.2, 0.25) is 0 Å². The van der Waals surface area contributed by atoms with E-state index < -0.39 is 0 Å². The zero-order valence-electron chi connectivity index (χ0n) is 8.96. The molecule has 0 saturated carbocycles. The third kappa shape index (κ3) is 2.43. The van der Waals surface area contributed by atoms with E-state index in [9.17, 15) is 0 Å². The molecule has 3 aromatic rings. The molecule has 0 saturated heterocycles. The topological polar surface area (TPSA) is 38.9 Å². The maximum Gasteiger partial charge on any atom is 0.0711 e. The summed E-state index contributed by atoms with van der Waals surface area (Å²) >= 11 is 0. The molecule has 0 aliphatic rings. The number of hydrogen-bond acceptors (Lipinski definition) is 2. The number of para-hydroxylation sites is 1. The summed E-state index contributed by atoms with van der Waals surface area (Å²) in [5, 5.41) is 2.24. The SMILES string of the molecule is Cl.Cl.Nc1ccc2nc3ccccc3cc2c1. The van der Waals surface area contributed by atoms with E-state index in [1.54, 1.807) is 0 Å². The molecule has 0 fully saturated rings. The molecule has 0 bridgehead atoms. The number of fused-ring (bicyclic) bond motifs is 2. The minimum atomic E-state index is 0. The number of rotatable bonds is 0. The minimum absolute atomic E-state index is 0. The Kier molecular flexibility index (Phi) is 4.16. The molecule has 2 N–H and O–H groups in total. The number of nitrogens with two attached hydrogens (primary N) is 1. The average molecular weight is 267 g/mol. The van der Waals surface area contributed by atoms with Gasteiger partial charge in [0.15, 0.2) is 0 Å². The fourth-order valence-electron chi connectivity index (χ4n) is 1.80. The highest BCUT2D eigenvalue weighted by Gasteiger charge is 1.98. The Morgan fingerprint density at radius 2 is 1.47 bits per heavy atom. The summed E-state index contributed by atoms with van der Waals surface area (Å²) in [5.74, 6) is 0. The van der Waals surface area contributed by atoms with Crippen LogP contribution >= 0.6 is 24.8 Å². The Morgan fingerprint density at radius 3 is 2.29 bits per heavy atom. The maximum absolute atomic E-state index is 5.74. The maximum atomic E-state index is 5.74. The molecular formula is C13H12Cl2N2. The second-order valence-corrected chi connectivity index (χ2v) is 3.63. The predicted molar refractivity (Wildman–Crippen MR) is 78.2 cm³/mol. The number of pyridine rings is 1. The van der Waals surface area contributed by atoms with Crippen molar-refractivity contribution >= 4 is 52.3 Å². The van der Waals surface area contributed by atoms with Crippen molar-refractivity contribution in [3.63, 3.8) is 0 Å². The average Bonchev–Trinajstić information content (AvgIpc) is 2.26. The summed E-state index contributed by atoms with van der Waals surface area (Å²) in [5.41, 5.74) is 8.53. The Labute approximate surface area is 112 Å². The number of benzene rings is 2. The second kappa shape index (κ2) is 5.21. The normalized spacial score (nSPS) is 9.65. The van der Waals surface area contributed by atoms with Crippen LogP contribution in [-0.4, -0.2) is 4.98 Å². The Balaban J connectivity index is 0.000000722. The smallest absolute Gasteiger partial charge is 0.0711 e. The van der Waals surface area contributed by atoms with E-state index in [-0.39, 0.29) is 24.8 Å². The van der Waals surface area contributed by atoms with Gasteiger partial charge in [-0.2, -0.15) is 0 Å². The van der Waals surface area contributed by atoms with Crippen molar-refractivity contribution in [2.75, 3.05) is 5.73 Å². The van der Waals surface area contributed by atoms with Crippen molar-refractivity contribution in [3.05, 3.63) is 48.5 Å². The Hall–Kier alpha value is -1.51.